The lowest BCUT2D eigenvalue weighted by Gasteiger charge is -2.33. The van der Waals surface area contributed by atoms with E-state index in [9.17, 15) is 26.0 Å². The number of rotatable bonds is 9. The van der Waals surface area contributed by atoms with Crippen molar-refractivity contribution < 1.29 is 35.2 Å². The van der Waals surface area contributed by atoms with Crippen molar-refractivity contribution in [2.75, 3.05) is 44.1 Å². The van der Waals surface area contributed by atoms with Gasteiger partial charge in [-0.2, -0.15) is 18.2 Å². The first kappa shape index (κ1) is 29.6. The molecule has 5 rings (SSSR count). The summed E-state index contributed by atoms with van der Waals surface area (Å²) in [5, 5.41) is 10.6. The molecule has 1 aliphatic heterocycles. The minimum Gasteiger partial charge on any atom is -0.495 e. The molecule has 0 radical (unpaired) electrons. The smallest absolute Gasteiger partial charge is 0.406 e. The monoisotopic (exact) mass is 610 g/mol. The van der Waals surface area contributed by atoms with E-state index in [1.807, 2.05) is 11.9 Å². The number of sulfone groups is 1. The lowest BCUT2D eigenvalue weighted by Crippen LogP contribution is -2.46. The molecule has 2 aromatic heterocycles. The van der Waals surface area contributed by atoms with E-state index in [-0.39, 0.29) is 46.7 Å². The van der Waals surface area contributed by atoms with Gasteiger partial charge in [-0.3, -0.25) is 0 Å². The molecule has 15 heteroatoms. The number of aromatic nitrogens is 3. The van der Waals surface area contributed by atoms with E-state index in [4.69, 9.17) is 9.26 Å². The normalized spacial score (nSPS) is 18.4. The van der Waals surface area contributed by atoms with Crippen molar-refractivity contribution in [1.29, 1.82) is 0 Å². The molecule has 2 atom stereocenters. The van der Waals surface area contributed by atoms with E-state index in [1.165, 1.54) is 25.3 Å². The van der Waals surface area contributed by atoms with Crippen LogP contribution in [0.15, 0.2) is 51.9 Å². The number of hydrogen-bond donors (Lipinski definition) is 2. The van der Waals surface area contributed by atoms with Gasteiger partial charge < -0.3 is 29.4 Å². The van der Waals surface area contributed by atoms with Crippen LogP contribution in [0, 0.1) is 0 Å². The highest BCUT2D eigenvalue weighted by molar-refractivity contribution is 7.90. The Balaban J connectivity index is 1.44. The second-order valence-corrected chi connectivity index (χ2v) is 12.3. The first-order chi connectivity index (χ1) is 19.8. The zero-order valence-electron chi connectivity index (χ0n) is 23.1. The third-order valence-corrected chi connectivity index (χ3v) is 8.21. The van der Waals surface area contributed by atoms with Crippen LogP contribution >= 0.6 is 0 Å². The van der Waals surface area contributed by atoms with Crippen molar-refractivity contribution in [2.45, 2.75) is 42.8 Å². The van der Waals surface area contributed by atoms with Crippen molar-refractivity contribution >= 4 is 32.1 Å². The van der Waals surface area contributed by atoms with Crippen LogP contribution in [0.5, 0.6) is 5.75 Å². The van der Waals surface area contributed by atoms with Gasteiger partial charge in [-0.1, -0.05) is 11.2 Å². The largest absolute Gasteiger partial charge is 0.495 e. The predicted octanol–water partition coefficient (Wildman–Crippen LogP) is 4.73. The number of likely N-dealkylation sites (tertiary alicyclic amines) is 1. The molecule has 2 aromatic carbocycles. The second-order valence-electron chi connectivity index (χ2n) is 10.3. The third-order valence-electron chi connectivity index (χ3n) is 7.10. The zero-order chi connectivity index (χ0) is 30.2. The molecule has 0 spiro atoms. The molecule has 0 bridgehead atoms. The Kier molecular flexibility index (Phi) is 8.07. The van der Waals surface area contributed by atoms with E-state index in [1.54, 1.807) is 24.3 Å². The molecule has 0 aliphatic carbocycles. The Bertz CT molecular complexity index is 1690. The SMILES string of the molecule is COc1cc(S(C)(=O)=O)ccc1NCc1nc(-c2cc3c(N[C@@H]4CCN(C)C[C@@H]4F)cccc3n2CC(F)(F)F)no1. The Morgan fingerprint density at radius 1 is 1.17 bits per heavy atom. The number of anilines is 2. The van der Waals surface area contributed by atoms with Gasteiger partial charge in [-0.05, 0) is 43.8 Å². The van der Waals surface area contributed by atoms with Crippen LogP contribution < -0.4 is 15.4 Å². The highest BCUT2D eigenvalue weighted by Gasteiger charge is 2.32. The Morgan fingerprint density at radius 3 is 2.64 bits per heavy atom. The molecule has 226 valence electrons. The summed E-state index contributed by atoms with van der Waals surface area (Å²) in [4.78, 5) is 6.28. The van der Waals surface area contributed by atoms with Crippen LogP contribution in [-0.2, 0) is 22.9 Å². The first-order valence-electron chi connectivity index (χ1n) is 13.1. The van der Waals surface area contributed by atoms with Gasteiger partial charge in [0.05, 0.1) is 41.5 Å². The fraction of sp³-hybridized carbons (Fsp3) is 0.407. The van der Waals surface area contributed by atoms with Crippen molar-refractivity contribution in [1.82, 2.24) is 19.6 Å². The minimum absolute atomic E-state index is 0.0120. The van der Waals surface area contributed by atoms with Crippen LogP contribution in [0.3, 0.4) is 0 Å². The summed E-state index contributed by atoms with van der Waals surface area (Å²) in [6.07, 6.45) is -4.04. The number of nitrogens with zero attached hydrogens (tertiary/aromatic N) is 4. The quantitative estimate of drug-likeness (QED) is 0.260. The maximum Gasteiger partial charge on any atom is 0.406 e. The van der Waals surface area contributed by atoms with E-state index in [0.29, 0.717) is 29.7 Å². The van der Waals surface area contributed by atoms with Gasteiger partial charge in [0.25, 0.3) is 0 Å². The maximum absolute atomic E-state index is 14.7. The van der Waals surface area contributed by atoms with Crippen LogP contribution in [0.1, 0.15) is 12.3 Å². The topological polar surface area (TPSA) is 115 Å². The Labute approximate surface area is 239 Å². The standard InChI is InChI=1S/C27H30F4N6O4S/c1-36-10-9-20(18(28)14-36)33-19-5-4-6-22-17(19)12-23(37(22)15-27(29,30)31)26-34-25(41-35-26)13-32-21-8-7-16(42(3,38)39)11-24(21)40-2/h4-8,11-12,18,20,32-33H,9-10,13-15H2,1-3H3/t18-,20+/m0/s1. The van der Waals surface area contributed by atoms with Crippen LogP contribution in [0.4, 0.5) is 28.9 Å². The summed E-state index contributed by atoms with van der Waals surface area (Å²) in [6, 6.07) is 10.3. The van der Waals surface area contributed by atoms with Gasteiger partial charge in [-0.25, -0.2) is 12.8 Å². The van der Waals surface area contributed by atoms with Gasteiger partial charge >= 0.3 is 6.18 Å². The van der Waals surface area contributed by atoms with Crippen molar-refractivity contribution in [3.05, 3.63) is 48.4 Å². The molecule has 10 nitrogen and oxygen atoms in total. The minimum atomic E-state index is -4.54. The molecular formula is C27H30F4N6O4S. The summed E-state index contributed by atoms with van der Waals surface area (Å²) in [6.45, 7) is -0.341. The highest BCUT2D eigenvalue weighted by Crippen LogP contribution is 2.35. The molecule has 42 heavy (non-hydrogen) atoms. The van der Waals surface area contributed by atoms with Crippen molar-refractivity contribution in [3.8, 4) is 17.3 Å². The van der Waals surface area contributed by atoms with Gasteiger partial charge in [0.2, 0.25) is 11.7 Å². The van der Waals surface area contributed by atoms with Gasteiger partial charge in [0.15, 0.2) is 9.84 Å². The molecule has 2 N–H and O–H groups in total. The van der Waals surface area contributed by atoms with Crippen LogP contribution in [-0.4, -0.2) is 79.9 Å². The van der Waals surface area contributed by atoms with E-state index in [2.05, 4.69) is 20.8 Å². The van der Waals surface area contributed by atoms with Crippen LogP contribution in [0.25, 0.3) is 22.4 Å². The highest BCUT2D eigenvalue weighted by atomic mass is 32.2. The second kappa shape index (κ2) is 11.4. The van der Waals surface area contributed by atoms with Gasteiger partial charge in [0.1, 0.15) is 18.5 Å². The Hall–Kier alpha value is -3.85. The number of piperidine rings is 1. The number of hydrogen-bond acceptors (Lipinski definition) is 9. The fourth-order valence-electron chi connectivity index (χ4n) is 5.01. The Morgan fingerprint density at radius 2 is 1.95 bits per heavy atom. The number of alkyl halides is 4. The van der Waals surface area contributed by atoms with Gasteiger partial charge in [0, 0.05) is 36.5 Å². The molecule has 1 saturated heterocycles. The molecule has 4 aromatic rings. The van der Waals surface area contributed by atoms with E-state index >= 15 is 0 Å². The number of halogens is 4. The average molecular weight is 611 g/mol. The summed E-state index contributed by atoms with van der Waals surface area (Å²) in [5.74, 6) is 0.288. The number of nitrogens with one attached hydrogen (secondary N) is 2. The number of methoxy groups -OCH3 is 1. The third kappa shape index (κ3) is 6.46. The number of ether oxygens (including phenoxy) is 1. The van der Waals surface area contributed by atoms with Crippen molar-refractivity contribution in [2.24, 2.45) is 0 Å². The molecule has 3 heterocycles. The summed E-state index contributed by atoms with van der Waals surface area (Å²) >= 11 is 0. The summed E-state index contributed by atoms with van der Waals surface area (Å²) in [7, 11) is -0.218. The van der Waals surface area contributed by atoms with Gasteiger partial charge in [-0.15, -0.1) is 0 Å². The molecule has 0 amide bonds. The van der Waals surface area contributed by atoms with Crippen molar-refractivity contribution in [3.63, 3.8) is 0 Å². The van der Waals surface area contributed by atoms with E-state index < -0.39 is 34.8 Å². The molecular weight excluding hydrogens is 580 g/mol. The van der Waals surface area contributed by atoms with Crippen LogP contribution in [0.2, 0.25) is 0 Å². The molecule has 1 aliphatic rings. The first-order valence-corrected chi connectivity index (χ1v) is 14.9. The predicted molar refractivity (Wildman–Crippen MR) is 149 cm³/mol. The average Bonchev–Trinajstić information content (AvgIpc) is 3.53. The molecule has 0 unspecified atom stereocenters. The summed E-state index contributed by atoms with van der Waals surface area (Å²) in [5.41, 5.74) is 1.34. The fourth-order valence-corrected chi connectivity index (χ4v) is 5.65. The summed E-state index contributed by atoms with van der Waals surface area (Å²) < 4.78 is 91.1. The van der Waals surface area contributed by atoms with E-state index in [0.717, 1.165) is 10.8 Å². The number of benzene rings is 2. The molecule has 1 fully saturated rings. The lowest BCUT2D eigenvalue weighted by molar-refractivity contribution is -0.139. The zero-order valence-corrected chi connectivity index (χ0v) is 23.9. The lowest BCUT2D eigenvalue weighted by atomic mass is 10.0. The maximum atomic E-state index is 14.7. The molecule has 0 saturated carbocycles. The number of fused-ring (bicyclic) bond motifs is 1.